The molecule has 1 atom stereocenters. The van der Waals surface area contributed by atoms with Crippen LogP contribution in [0.5, 0.6) is 0 Å². The monoisotopic (exact) mass is 146 g/mol. The fourth-order valence-corrected chi connectivity index (χ4v) is 0.487. The highest BCUT2D eigenvalue weighted by Gasteiger charge is 2.26. The maximum Gasteiger partial charge on any atom is 0.364 e. The van der Waals surface area contributed by atoms with E-state index in [4.69, 9.17) is 0 Å². The van der Waals surface area contributed by atoms with Gasteiger partial charge in [-0.3, -0.25) is 0 Å². The highest BCUT2D eigenvalue weighted by Crippen LogP contribution is 2.02. The Morgan fingerprint density at radius 2 is 1.80 bits per heavy atom. The van der Waals surface area contributed by atoms with E-state index >= 15 is 0 Å². The highest BCUT2D eigenvalue weighted by molar-refractivity contribution is 5.73. The Morgan fingerprint density at radius 1 is 1.40 bits per heavy atom. The van der Waals surface area contributed by atoms with Crippen LogP contribution >= 0.6 is 0 Å². The van der Waals surface area contributed by atoms with Crippen molar-refractivity contribution in [2.24, 2.45) is 0 Å². The molecule has 3 heteroatoms. The Morgan fingerprint density at radius 3 is 1.90 bits per heavy atom. The third-order valence-corrected chi connectivity index (χ3v) is 1.70. The van der Waals surface area contributed by atoms with Gasteiger partial charge in [0.2, 0.25) is 0 Å². The number of methoxy groups -OCH3 is 1. The average Bonchev–Trinajstić information content (AvgIpc) is 1.83. The Balaban J connectivity index is 4.08. The van der Waals surface area contributed by atoms with Crippen molar-refractivity contribution >= 4 is 5.97 Å². The Kier molecular flexibility index (Phi) is 2.84. The lowest BCUT2D eigenvalue weighted by Crippen LogP contribution is -2.48. The lowest BCUT2D eigenvalue weighted by atomic mass is 10.3. The minimum Gasteiger partial charge on any atom is -0.465 e. The van der Waals surface area contributed by atoms with Gasteiger partial charge in [-0.25, -0.2) is 4.79 Å². The number of ether oxygens (including phenoxy) is 1. The maximum atomic E-state index is 10.9. The molecule has 0 rings (SSSR count). The molecule has 0 bridgehead atoms. The van der Waals surface area contributed by atoms with Crippen LogP contribution in [0.2, 0.25) is 0 Å². The molecular weight excluding hydrogens is 130 g/mol. The molecule has 0 radical (unpaired) electrons. The van der Waals surface area contributed by atoms with Gasteiger partial charge < -0.3 is 9.22 Å². The van der Waals surface area contributed by atoms with Crippen LogP contribution in [0.25, 0.3) is 0 Å². The molecule has 0 unspecified atom stereocenters. The smallest absolute Gasteiger partial charge is 0.364 e. The Bertz CT molecular complexity index is 126. The van der Waals surface area contributed by atoms with Gasteiger partial charge in [0.05, 0.1) is 28.3 Å². The van der Waals surface area contributed by atoms with Crippen LogP contribution in [0, 0.1) is 0 Å². The normalized spacial score (nSPS) is 14.5. The van der Waals surface area contributed by atoms with Crippen molar-refractivity contribution in [1.29, 1.82) is 0 Å². The first-order valence-corrected chi connectivity index (χ1v) is 3.28. The number of carbonyl (C=O) groups is 1. The van der Waals surface area contributed by atoms with Crippen molar-refractivity contribution in [3.63, 3.8) is 0 Å². The third-order valence-electron chi connectivity index (χ3n) is 1.70. The van der Waals surface area contributed by atoms with Gasteiger partial charge in [0.15, 0.2) is 6.04 Å². The zero-order valence-electron chi connectivity index (χ0n) is 7.34. The van der Waals surface area contributed by atoms with Crippen LogP contribution in [0.4, 0.5) is 0 Å². The van der Waals surface area contributed by atoms with Crippen molar-refractivity contribution < 1.29 is 14.0 Å². The number of likely N-dealkylation sites (N-methyl/N-ethyl adjacent to an activating group) is 1. The largest absolute Gasteiger partial charge is 0.465 e. The summed E-state index contributed by atoms with van der Waals surface area (Å²) in [6.45, 7) is 1.85. The molecule has 0 aliphatic carbocycles. The third kappa shape index (κ3) is 2.35. The van der Waals surface area contributed by atoms with E-state index in [1.807, 2.05) is 28.1 Å². The molecule has 0 fully saturated rings. The molecule has 0 aromatic carbocycles. The van der Waals surface area contributed by atoms with E-state index in [1.165, 1.54) is 7.11 Å². The minimum absolute atomic E-state index is 0.0926. The van der Waals surface area contributed by atoms with Gasteiger partial charge in [-0.15, -0.1) is 0 Å². The first kappa shape index (κ1) is 9.43. The van der Waals surface area contributed by atoms with Crippen LogP contribution in [0.1, 0.15) is 6.92 Å². The molecule has 0 aliphatic rings. The van der Waals surface area contributed by atoms with Crippen molar-refractivity contribution in [1.82, 2.24) is 0 Å². The van der Waals surface area contributed by atoms with Crippen LogP contribution in [0.15, 0.2) is 0 Å². The van der Waals surface area contributed by atoms with Gasteiger partial charge >= 0.3 is 5.97 Å². The topological polar surface area (TPSA) is 26.3 Å². The molecule has 0 heterocycles. The number of nitrogens with zero attached hydrogens (tertiary/aromatic N) is 1. The standard InChI is InChI=1S/C7H16NO2/c1-6(7(9)10-5)8(2,3)4/h6H,1-5H3/q+1/t6-/m0/s1. The molecule has 0 spiro atoms. The minimum atomic E-state index is -0.160. The first-order chi connectivity index (χ1) is 4.39. The van der Waals surface area contributed by atoms with E-state index in [0.29, 0.717) is 4.48 Å². The van der Waals surface area contributed by atoms with Gasteiger partial charge in [0.25, 0.3) is 0 Å². The summed E-state index contributed by atoms with van der Waals surface area (Å²) < 4.78 is 5.19. The van der Waals surface area contributed by atoms with Crippen molar-refractivity contribution in [2.45, 2.75) is 13.0 Å². The van der Waals surface area contributed by atoms with E-state index in [-0.39, 0.29) is 12.0 Å². The molecule has 0 amide bonds. The molecule has 0 aromatic rings. The van der Waals surface area contributed by atoms with Crippen LogP contribution in [-0.4, -0.2) is 44.7 Å². The Labute approximate surface area is 62.2 Å². The molecule has 0 aliphatic heterocycles. The molecular formula is C7H16NO2+. The quantitative estimate of drug-likeness (QED) is 0.412. The van der Waals surface area contributed by atoms with Gasteiger partial charge in [-0.2, -0.15) is 0 Å². The summed E-state index contributed by atoms with van der Waals surface area (Å²) in [5, 5.41) is 0. The summed E-state index contributed by atoms with van der Waals surface area (Å²) in [5.41, 5.74) is 0. The summed E-state index contributed by atoms with van der Waals surface area (Å²) >= 11 is 0. The molecule has 60 valence electrons. The molecule has 0 saturated carbocycles. The molecule has 3 nitrogen and oxygen atoms in total. The van der Waals surface area contributed by atoms with Crippen LogP contribution < -0.4 is 0 Å². The fraction of sp³-hybridized carbons (Fsp3) is 0.857. The molecule has 0 N–H and O–H groups in total. The van der Waals surface area contributed by atoms with E-state index in [2.05, 4.69) is 4.74 Å². The first-order valence-electron chi connectivity index (χ1n) is 3.28. The highest BCUT2D eigenvalue weighted by atomic mass is 16.5. The second-order valence-electron chi connectivity index (χ2n) is 3.32. The lowest BCUT2D eigenvalue weighted by Gasteiger charge is -2.29. The van der Waals surface area contributed by atoms with Crippen LogP contribution in [-0.2, 0) is 9.53 Å². The maximum absolute atomic E-state index is 10.9. The average molecular weight is 146 g/mol. The molecule has 0 saturated heterocycles. The molecule has 10 heavy (non-hydrogen) atoms. The van der Waals surface area contributed by atoms with E-state index in [1.54, 1.807) is 0 Å². The van der Waals surface area contributed by atoms with Crippen molar-refractivity contribution in [3.05, 3.63) is 0 Å². The Hall–Kier alpha value is -0.570. The van der Waals surface area contributed by atoms with E-state index < -0.39 is 0 Å². The number of hydrogen-bond donors (Lipinski definition) is 0. The van der Waals surface area contributed by atoms with Gasteiger partial charge in [0.1, 0.15) is 0 Å². The second kappa shape index (κ2) is 3.01. The number of carbonyl (C=O) groups excluding carboxylic acids is 1. The van der Waals surface area contributed by atoms with Gasteiger partial charge in [-0.1, -0.05) is 0 Å². The lowest BCUT2D eigenvalue weighted by molar-refractivity contribution is -0.885. The SMILES string of the molecule is COC(=O)[C@H](C)[N+](C)(C)C. The summed E-state index contributed by atoms with van der Waals surface area (Å²) in [6, 6.07) is -0.0926. The zero-order chi connectivity index (χ0) is 8.36. The van der Waals surface area contributed by atoms with Gasteiger partial charge in [0, 0.05) is 0 Å². The fourth-order valence-electron chi connectivity index (χ4n) is 0.487. The van der Waals surface area contributed by atoms with E-state index in [0.717, 1.165) is 0 Å². The predicted octanol–water partition coefficient (Wildman–Crippen LogP) is 0.254. The number of esters is 1. The summed E-state index contributed by atoms with van der Waals surface area (Å²) in [7, 11) is 7.29. The summed E-state index contributed by atoms with van der Waals surface area (Å²) in [6.07, 6.45) is 0. The number of quaternary nitrogens is 1. The zero-order valence-corrected chi connectivity index (χ0v) is 7.34. The predicted molar refractivity (Wildman–Crippen MR) is 39.5 cm³/mol. The van der Waals surface area contributed by atoms with Crippen molar-refractivity contribution in [2.75, 3.05) is 28.3 Å². The second-order valence-corrected chi connectivity index (χ2v) is 3.32. The summed E-state index contributed by atoms with van der Waals surface area (Å²) in [4.78, 5) is 10.9. The van der Waals surface area contributed by atoms with Crippen LogP contribution in [0.3, 0.4) is 0 Å². The number of rotatable bonds is 2. The summed E-state index contributed by atoms with van der Waals surface area (Å²) in [5.74, 6) is -0.160. The number of hydrogen-bond acceptors (Lipinski definition) is 2. The van der Waals surface area contributed by atoms with Crippen molar-refractivity contribution in [3.8, 4) is 0 Å². The molecule has 0 aromatic heterocycles. The van der Waals surface area contributed by atoms with E-state index in [9.17, 15) is 4.79 Å². The van der Waals surface area contributed by atoms with Gasteiger partial charge in [-0.05, 0) is 6.92 Å².